The van der Waals surface area contributed by atoms with Gasteiger partial charge in [-0.2, -0.15) is 5.10 Å². The molecule has 18 heavy (non-hydrogen) atoms. The molecule has 0 saturated heterocycles. The number of carbonyl (C=O) groups is 1. The van der Waals surface area contributed by atoms with Gasteiger partial charge in [0.2, 0.25) is 0 Å². The number of nitrogens with zero attached hydrogens (tertiary/aromatic N) is 2. The Kier molecular flexibility index (Phi) is 3.20. The lowest BCUT2D eigenvalue weighted by molar-refractivity contribution is 0.0995. The SMILES string of the molecule is NC(=O)c1nn(Cc2ccc(Cl)cc2F)cc1N. The van der Waals surface area contributed by atoms with Crippen LogP contribution < -0.4 is 11.5 Å². The number of benzene rings is 1. The summed E-state index contributed by atoms with van der Waals surface area (Å²) in [5.74, 6) is -1.17. The fourth-order valence-corrected chi connectivity index (χ4v) is 1.69. The van der Waals surface area contributed by atoms with E-state index >= 15 is 0 Å². The molecule has 0 fully saturated rings. The van der Waals surface area contributed by atoms with Crippen molar-refractivity contribution in [1.82, 2.24) is 9.78 Å². The van der Waals surface area contributed by atoms with Gasteiger partial charge in [0, 0.05) is 16.8 Å². The molecule has 0 atom stereocenters. The smallest absolute Gasteiger partial charge is 0.271 e. The largest absolute Gasteiger partial charge is 0.396 e. The molecule has 2 aromatic rings. The van der Waals surface area contributed by atoms with Gasteiger partial charge in [-0.25, -0.2) is 4.39 Å². The molecule has 0 aliphatic carbocycles. The molecule has 0 spiro atoms. The number of carbonyl (C=O) groups excluding carboxylic acids is 1. The molecule has 5 nitrogen and oxygen atoms in total. The highest BCUT2D eigenvalue weighted by atomic mass is 35.5. The third kappa shape index (κ3) is 2.43. The first-order chi connectivity index (χ1) is 8.47. The van der Waals surface area contributed by atoms with E-state index < -0.39 is 11.7 Å². The molecule has 0 aliphatic rings. The number of hydrogen-bond donors (Lipinski definition) is 2. The summed E-state index contributed by atoms with van der Waals surface area (Å²) in [4.78, 5) is 11.0. The van der Waals surface area contributed by atoms with Gasteiger partial charge in [0.1, 0.15) is 5.82 Å². The molecule has 94 valence electrons. The van der Waals surface area contributed by atoms with Gasteiger partial charge in [0.15, 0.2) is 5.69 Å². The van der Waals surface area contributed by atoms with Crippen LogP contribution in [-0.2, 0) is 6.54 Å². The molecule has 0 saturated carbocycles. The minimum atomic E-state index is -0.720. The average molecular weight is 269 g/mol. The van der Waals surface area contributed by atoms with Crippen molar-refractivity contribution >= 4 is 23.2 Å². The van der Waals surface area contributed by atoms with Crippen LogP contribution in [0.3, 0.4) is 0 Å². The zero-order valence-corrected chi connectivity index (χ0v) is 9.99. The number of amides is 1. The monoisotopic (exact) mass is 268 g/mol. The molecule has 1 aromatic carbocycles. The number of primary amides is 1. The number of nitrogens with two attached hydrogens (primary N) is 2. The molecular formula is C11H10ClFN4O. The van der Waals surface area contributed by atoms with Crippen LogP contribution in [0, 0.1) is 5.82 Å². The van der Waals surface area contributed by atoms with Crippen LogP contribution in [0.4, 0.5) is 10.1 Å². The third-order valence-electron chi connectivity index (χ3n) is 2.37. The second-order valence-corrected chi connectivity index (χ2v) is 4.17. The number of anilines is 1. The Bertz CT molecular complexity index is 611. The lowest BCUT2D eigenvalue weighted by atomic mass is 10.2. The molecule has 0 radical (unpaired) electrons. The highest BCUT2D eigenvalue weighted by Gasteiger charge is 2.12. The average Bonchev–Trinajstić information content (AvgIpc) is 2.64. The van der Waals surface area contributed by atoms with E-state index in [0.717, 1.165) is 0 Å². The molecule has 1 aromatic heterocycles. The maximum atomic E-state index is 13.6. The summed E-state index contributed by atoms with van der Waals surface area (Å²) in [5.41, 5.74) is 11.2. The second kappa shape index (κ2) is 4.66. The Morgan fingerprint density at radius 1 is 1.50 bits per heavy atom. The number of halogens is 2. The van der Waals surface area contributed by atoms with E-state index in [1.807, 2.05) is 0 Å². The summed E-state index contributed by atoms with van der Waals surface area (Å²) >= 11 is 5.65. The molecule has 0 bridgehead atoms. The summed E-state index contributed by atoms with van der Waals surface area (Å²) < 4.78 is 14.9. The number of hydrogen-bond acceptors (Lipinski definition) is 3. The van der Waals surface area contributed by atoms with E-state index in [2.05, 4.69) is 5.10 Å². The molecule has 1 heterocycles. The first-order valence-corrected chi connectivity index (χ1v) is 5.42. The minimum Gasteiger partial charge on any atom is -0.396 e. The Morgan fingerprint density at radius 3 is 2.78 bits per heavy atom. The predicted octanol–water partition coefficient (Wildman–Crippen LogP) is 1.40. The fraction of sp³-hybridized carbons (Fsp3) is 0.0909. The molecule has 1 amide bonds. The van der Waals surface area contributed by atoms with E-state index in [9.17, 15) is 9.18 Å². The van der Waals surface area contributed by atoms with Crippen molar-refractivity contribution in [1.29, 1.82) is 0 Å². The van der Waals surface area contributed by atoms with Crippen molar-refractivity contribution < 1.29 is 9.18 Å². The van der Waals surface area contributed by atoms with Gasteiger partial charge in [-0.05, 0) is 12.1 Å². The van der Waals surface area contributed by atoms with E-state index in [1.165, 1.54) is 16.9 Å². The highest BCUT2D eigenvalue weighted by Crippen LogP contribution is 2.16. The molecular weight excluding hydrogens is 259 g/mol. The maximum absolute atomic E-state index is 13.6. The van der Waals surface area contributed by atoms with Crippen LogP contribution in [0.1, 0.15) is 16.1 Å². The fourth-order valence-electron chi connectivity index (χ4n) is 1.53. The van der Waals surface area contributed by atoms with Crippen LogP contribution in [0.2, 0.25) is 5.02 Å². The van der Waals surface area contributed by atoms with Gasteiger partial charge in [-0.3, -0.25) is 9.48 Å². The molecule has 2 rings (SSSR count). The topological polar surface area (TPSA) is 86.9 Å². The van der Waals surface area contributed by atoms with Crippen LogP contribution in [0.5, 0.6) is 0 Å². The zero-order chi connectivity index (χ0) is 13.3. The minimum absolute atomic E-state index is 0.0237. The van der Waals surface area contributed by atoms with Crippen LogP contribution in [-0.4, -0.2) is 15.7 Å². The summed E-state index contributed by atoms with van der Waals surface area (Å²) in [5, 5.41) is 4.20. The lowest BCUT2D eigenvalue weighted by Gasteiger charge is -2.03. The Labute approximate surface area is 107 Å². The van der Waals surface area contributed by atoms with E-state index in [0.29, 0.717) is 10.6 Å². The molecule has 0 unspecified atom stereocenters. The van der Waals surface area contributed by atoms with Gasteiger partial charge in [0.25, 0.3) is 5.91 Å². The number of rotatable bonds is 3. The molecule has 4 N–H and O–H groups in total. The van der Waals surface area contributed by atoms with Crippen LogP contribution in [0.25, 0.3) is 0 Å². The molecule has 7 heteroatoms. The zero-order valence-electron chi connectivity index (χ0n) is 9.23. The maximum Gasteiger partial charge on any atom is 0.271 e. The van der Waals surface area contributed by atoms with E-state index in [-0.39, 0.29) is 17.9 Å². The van der Waals surface area contributed by atoms with Gasteiger partial charge in [-0.1, -0.05) is 17.7 Å². The molecule has 0 aliphatic heterocycles. The Morgan fingerprint density at radius 2 is 2.22 bits per heavy atom. The van der Waals surface area contributed by atoms with Crippen molar-refractivity contribution in [2.45, 2.75) is 6.54 Å². The quantitative estimate of drug-likeness (QED) is 0.882. The standard InChI is InChI=1S/C11H10ClFN4O/c12-7-2-1-6(8(13)3-7)4-17-5-9(14)10(16-17)11(15)18/h1-3,5H,4,14H2,(H2,15,18). The van der Waals surface area contributed by atoms with Gasteiger partial charge >= 0.3 is 0 Å². The number of nitrogen functional groups attached to an aromatic ring is 1. The van der Waals surface area contributed by atoms with E-state index in [1.54, 1.807) is 12.1 Å². The normalized spacial score (nSPS) is 10.6. The van der Waals surface area contributed by atoms with Crippen molar-refractivity contribution in [2.24, 2.45) is 5.73 Å². The summed E-state index contributed by atoms with van der Waals surface area (Å²) in [6, 6.07) is 4.32. The highest BCUT2D eigenvalue weighted by molar-refractivity contribution is 6.30. The Balaban J connectivity index is 2.29. The van der Waals surface area contributed by atoms with E-state index in [4.69, 9.17) is 23.1 Å². The van der Waals surface area contributed by atoms with Crippen molar-refractivity contribution in [3.05, 3.63) is 46.5 Å². The predicted molar refractivity (Wildman–Crippen MR) is 65.7 cm³/mol. The van der Waals surface area contributed by atoms with Crippen LogP contribution in [0.15, 0.2) is 24.4 Å². The van der Waals surface area contributed by atoms with Gasteiger partial charge in [-0.15, -0.1) is 0 Å². The van der Waals surface area contributed by atoms with Crippen molar-refractivity contribution in [3.8, 4) is 0 Å². The summed E-state index contributed by atoms with van der Waals surface area (Å²) in [7, 11) is 0. The summed E-state index contributed by atoms with van der Waals surface area (Å²) in [6.07, 6.45) is 1.42. The van der Waals surface area contributed by atoms with Crippen molar-refractivity contribution in [2.75, 3.05) is 5.73 Å². The number of aromatic nitrogens is 2. The Hall–Kier alpha value is -2.08. The second-order valence-electron chi connectivity index (χ2n) is 3.73. The first-order valence-electron chi connectivity index (χ1n) is 5.04. The van der Waals surface area contributed by atoms with Crippen molar-refractivity contribution in [3.63, 3.8) is 0 Å². The summed E-state index contributed by atoms with van der Waals surface area (Å²) in [6.45, 7) is 0.139. The van der Waals surface area contributed by atoms with Gasteiger partial charge in [0.05, 0.1) is 12.2 Å². The van der Waals surface area contributed by atoms with Gasteiger partial charge < -0.3 is 11.5 Å². The first kappa shape index (κ1) is 12.4. The van der Waals surface area contributed by atoms with Crippen LogP contribution >= 0.6 is 11.6 Å². The third-order valence-corrected chi connectivity index (χ3v) is 2.61. The lowest BCUT2D eigenvalue weighted by Crippen LogP contribution is -2.14.